The van der Waals surface area contributed by atoms with Gasteiger partial charge in [-0.2, -0.15) is 10.1 Å². The second kappa shape index (κ2) is 16.3. The Morgan fingerprint density at radius 1 is 0.644 bits per heavy atom. The van der Waals surface area contributed by atoms with E-state index in [-0.39, 0.29) is 47.1 Å². The summed E-state index contributed by atoms with van der Waals surface area (Å²) in [5, 5.41) is 16.0. The van der Waals surface area contributed by atoms with E-state index in [0.29, 0.717) is 51.8 Å². The quantitative estimate of drug-likeness (QED) is 0.211. The number of piperidine rings is 4. The second-order valence-electron chi connectivity index (χ2n) is 22.9. The van der Waals surface area contributed by atoms with E-state index in [2.05, 4.69) is 110 Å². The van der Waals surface area contributed by atoms with Crippen molar-refractivity contribution in [3.63, 3.8) is 0 Å². The van der Waals surface area contributed by atoms with Gasteiger partial charge in [-0.3, -0.25) is 19.4 Å². The number of carbonyl (C=O) groups excluding carboxylic acids is 2. The summed E-state index contributed by atoms with van der Waals surface area (Å²) in [5.74, 6) is -1.12. The van der Waals surface area contributed by atoms with Gasteiger partial charge in [-0.25, -0.2) is 0 Å². The highest BCUT2D eigenvalue weighted by atomic mass is 16.7. The van der Waals surface area contributed by atoms with E-state index in [1.165, 1.54) is 0 Å². The number of β-amino-alcohol motifs (C(OH)–C–C–N with tert-alkyl or cyclic N) is 1. The Kier molecular flexibility index (Phi) is 13.0. The highest BCUT2D eigenvalue weighted by Gasteiger charge is 2.61. The van der Waals surface area contributed by atoms with Crippen LogP contribution < -0.4 is 0 Å². The van der Waals surface area contributed by atoms with Gasteiger partial charge in [-0.1, -0.05) is 0 Å². The lowest BCUT2D eigenvalue weighted by Crippen LogP contribution is -2.70. The lowest BCUT2D eigenvalue weighted by Gasteiger charge is -2.61. The number of hydroxylamine groups is 4. The number of ether oxygens (including phenoxy) is 5. The van der Waals surface area contributed by atoms with E-state index in [1.54, 1.807) is 14.2 Å². The van der Waals surface area contributed by atoms with Gasteiger partial charge in [0.2, 0.25) is 0 Å². The number of aliphatic hydroxyl groups excluding tert-OH is 1. The molecular weight excluding hydrogens is 757 g/mol. The van der Waals surface area contributed by atoms with Crippen molar-refractivity contribution >= 4 is 11.9 Å². The van der Waals surface area contributed by atoms with E-state index in [0.717, 1.165) is 25.7 Å². The summed E-state index contributed by atoms with van der Waals surface area (Å²) in [6.07, 6.45) is 3.88. The Labute approximate surface area is 355 Å². The zero-order chi connectivity index (χ0) is 43.8. The molecule has 6 saturated heterocycles. The molecule has 0 spiro atoms. The number of esters is 2. The number of carbonyl (C=O) groups is 2. The number of aliphatic hydroxyl groups is 1. The summed E-state index contributed by atoms with van der Waals surface area (Å²) >= 11 is 0. The van der Waals surface area contributed by atoms with Gasteiger partial charge in [-0.15, -0.1) is 0 Å². The molecule has 0 radical (unpaired) electrons. The first-order valence-corrected chi connectivity index (χ1v) is 22.3. The third kappa shape index (κ3) is 9.72. The van der Waals surface area contributed by atoms with Crippen LogP contribution in [0.25, 0.3) is 0 Å². The van der Waals surface area contributed by atoms with Gasteiger partial charge in [0.25, 0.3) is 0 Å². The summed E-state index contributed by atoms with van der Waals surface area (Å²) in [5.41, 5.74) is -3.06. The number of fused-ring (bicyclic) bond motifs is 6. The molecule has 6 aliphatic rings. The summed E-state index contributed by atoms with van der Waals surface area (Å²) in [6, 6.07) is 0. The van der Waals surface area contributed by atoms with Crippen LogP contribution in [0.5, 0.6) is 0 Å². The fourth-order valence-electron chi connectivity index (χ4n) is 13.7. The summed E-state index contributed by atoms with van der Waals surface area (Å²) in [7, 11) is 3.47. The fourth-order valence-corrected chi connectivity index (χ4v) is 13.7. The summed E-state index contributed by atoms with van der Waals surface area (Å²) < 4.78 is 32.4. The van der Waals surface area contributed by atoms with Crippen LogP contribution in [0.4, 0.5) is 0 Å². The van der Waals surface area contributed by atoms with Crippen LogP contribution in [0.2, 0.25) is 0 Å². The normalized spacial score (nSPS) is 38.7. The molecule has 0 aliphatic carbocycles. The molecule has 1 N–H and O–H groups in total. The van der Waals surface area contributed by atoms with Crippen LogP contribution in [0, 0.1) is 0 Å². The number of hydrogen-bond acceptors (Lipinski definition) is 14. The molecule has 0 saturated carbocycles. The molecule has 0 amide bonds. The average molecular weight is 837 g/mol. The molecule has 340 valence electrons. The topological polar surface area (TPSA) is 132 Å². The molecule has 4 bridgehead atoms. The SMILES string of the molecule is CON1C(C)(C)CC(OCC(O)CN2C(C)(C)CC3CC2(C)CC2(C)CC(CC4(C)OC(COC5CC(C)(C)N(OC)C(C)(C)C5)CN24)OC(=O)CC(=O)O3)CC1(C)C. The summed E-state index contributed by atoms with van der Waals surface area (Å²) in [4.78, 5) is 43.1. The number of likely N-dealkylation sites (tertiary alicyclic amines) is 1. The van der Waals surface area contributed by atoms with Crippen molar-refractivity contribution in [1.82, 2.24) is 19.9 Å². The second-order valence-corrected chi connectivity index (χ2v) is 22.9. The monoisotopic (exact) mass is 837 g/mol. The van der Waals surface area contributed by atoms with Crippen LogP contribution in [-0.4, -0.2) is 159 Å². The van der Waals surface area contributed by atoms with Gasteiger partial charge in [-0.05, 0) is 122 Å². The number of hydrogen-bond donors (Lipinski definition) is 1. The molecule has 0 aromatic heterocycles. The van der Waals surface area contributed by atoms with Gasteiger partial charge in [0, 0.05) is 77.5 Å². The predicted molar refractivity (Wildman–Crippen MR) is 223 cm³/mol. The molecule has 6 heterocycles. The molecule has 0 aromatic rings. The summed E-state index contributed by atoms with van der Waals surface area (Å²) in [6.45, 7) is 30.2. The molecular formula is C45H80N4O10. The van der Waals surface area contributed by atoms with E-state index >= 15 is 0 Å². The van der Waals surface area contributed by atoms with Gasteiger partial charge in [0.05, 0.1) is 51.8 Å². The molecule has 7 unspecified atom stereocenters. The van der Waals surface area contributed by atoms with Crippen molar-refractivity contribution < 1.29 is 48.1 Å². The largest absolute Gasteiger partial charge is 0.462 e. The first kappa shape index (κ1) is 47.0. The average Bonchev–Trinajstić information content (AvgIpc) is 3.39. The van der Waals surface area contributed by atoms with Gasteiger partial charge in [0.15, 0.2) is 0 Å². The molecule has 6 rings (SSSR count). The van der Waals surface area contributed by atoms with Crippen LogP contribution >= 0.6 is 0 Å². The lowest BCUT2D eigenvalue weighted by atomic mass is 9.68. The molecule has 0 aromatic carbocycles. The van der Waals surface area contributed by atoms with Crippen molar-refractivity contribution in [2.75, 3.05) is 40.5 Å². The van der Waals surface area contributed by atoms with Crippen molar-refractivity contribution in [2.24, 2.45) is 0 Å². The maximum atomic E-state index is 13.3. The third-order valence-corrected chi connectivity index (χ3v) is 14.6. The Morgan fingerprint density at radius 3 is 1.63 bits per heavy atom. The zero-order valence-electron chi connectivity index (χ0n) is 39.3. The van der Waals surface area contributed by atoms with Crippen LogP contribution in [0.3, 0.4) is 0 Å². The maximum absolute atomic E-state index is 13.3. The highest BCUT2D eigenvalue weighted by molar-refractivity contribution is 5.91. The Bertz CT molecular complexity index is 1500. The van der Waals surface area contributed by atoms with Gasteiger partial charge in [0.1, 0.15) is 24.4 Å². The van der Waals surface area contributed by atoms with Gasteiger partial charge >= 0.3 is 11.9 Å². The van der Waals surface area contributed by atoms with E-state index in [4.69, 9.17) is 33.4 Å². The van der Waals surface area contributed by atoms with E-state index in [9.17, 15) is 14.7 Å². The van der Waals surface area contributed by atoms with Crippen molar-refractivity contribution in [3.05, 3.63) is 0 Å². The smallest absolute Gasteiger partial charge is 0.317 e. The van der Waals surface area contributed by atoms with Crippen LogP contribution in [-0.2, 0) is 42.9 Å². The van der Waals surface area contributed by atoms with Crippen LogP contribution in [0.15, 0.2) is 0 Å². The molecule has 14 heteroatoms. The number of rotatable bonds is 10. The van der Waals surface area contributed by atoms with Gasteiger partial charge < -0.3 is 38.5 Å². The minimum absolute atomic E-state index is 0.0298. The Morgan fingerprint density at radius 2 is 1.12 bits per heavy atom. The first-order valence-electron chi connectivity index (χ1n) is 22.3. The minimum Gasteiger partial charge on any atom is -0.462 e. The zero-order valence-corrected chi connectivity index (χ0v) is 39.3. The molecule has 6 aliphatic heterocycles. The van der Waals surface area contributed by atoms with E-state index < -0.39 is 59.0 Å². The van der Waals surface area contributed by atoms with Crippen LogP contribution in [0.1, 0.15) is 154 Å². The fraction of sp³-hybridized carbons (Fsp3) is 0.956. The first-order chi connectivity index (χ1) is 27.1. The number of nitrogens with zero attached hydrogens (tertiary/aromatic N) is 4. The lowest BCUT2D eigenvalue weighted by molar-refractivity contribution is -0.281. The minimum atomic E-state index is -0.751. The Hall–Kier alpha value is -1.46. The van der Waals surface area contributed by atoms with Crippen molar-refractivity contribution in [3.8, 4) is 0 Å². The molecule has 59 heavy (non-hydrogen) atoms. The molecule has 7 atom stereocenters. The van der Waals surface area contributed by atoms with Crippen molar-refractivity contribution in [1.29, 1.82) is 0 Å². The molecule has 14 nitrogen and oxygen atoms in total. The highest BCUT2D eigenvalue weighted by Crippen LogP contribution is 2.52. The predicted octanol–water partition coefficient (Wildman–Crippen LogP) is 5.77. The maximum Gasteiger partial charge on any atom is 0.317 e. The Balaban J connectivity index is 1.23. The van der Waals surface area contributed by atoms with Crippen molar-refractivity contribution in [2.45, 2.75) is 235 Å². The third-order valence-electron chi connectivity index (χ3n) is 14.6. The molecule has 6 fully saturated rings. The standard InChI is InChI=1S/C45H80N4O10/c1-38(2)21-33-22-43(11,46(38)25-30(50)27-55-31-17-39(3,4)48(53-14)40(5,6)18-31)29-44(12)23-34(58-37(52)16-36(51)57-33)24-45(13)47(44)26-35(59-45)28-56-32-19-41(7,8)49(54-15)42(9,10)20-32/h30-35,50H,16-29H2,1-15H3. The van der Waals surface area contributed by atoms with E-state index in [1.807, 2.05) is 0 Å².